The van der Waals surface area contributed by atoms with Gasteiger partial charge in [-0.05, 0) is 24.1 Å². The second-order valence-corrected chi connectivity index (χ2v) is 6.50. The summed E-state index contributed by atoms with van der Waals surface area (Å²) >= 11 is 0. The number of aliphatic imine (C=N–C) groups is 1. The first kappa shape index (κ1) is 18.3. The van der Waals surface area contributed by atoms with Crippen molar-refractivity contribution in [2.24, 2.45) is 4.99 Å². The van der Waals surface area contributed by atoms with Gasteiger partial charge in [-0.3, -0.25) is 4.99 Å². The Bertz CT molecular complexity index is 693. The zero-order valence-electron chi connectivity index (χ0n) is 15.2. The van der Waals surface area contributed by atoms with Crippen LogP contribution in [0.1, 0.15) is 18.1 Å². The average Bonchev–Trinajstić information content (AvgIpc) is 3.08. The minimum absolute atomic E-state index is 0.102. The van der Waals surface area contributed by atoms with Gasteiger partial charge in [0, 0.05) is 19.4 Å². The largest absolute Gasteiger partial charge is 0.488 e. The third-order valence-corrected chi connectivity index (χ3v) is 4.33. The third-order valence-electron chi connectivity index (χ3n) is 4.33. The maximum atomic E-state index is 10.2. The number of aliphatic hydroxyl groups is 1. The normalized spacial score (nSPS) is 17.3. The number of nitrogens with zero attached hydrogens (tertiary/aromatic N) is 1. The average molecular weight is 353 g/mol. The number of hydrogen-bond donors (Lipinski definition) is 3. The van der Waals surface area contributed by atoms with Gasteiger partial charge in [0.15, 0.2) is 5.96 Å². The first-order chi connectivity index (χ1) is 12.7. The summed E-state index contributed by atoms with van der Waals surface area (Å²) < 4.78 is 5.95. The first-order valence-electron chi connectivity index (χ1n) is 9.23. The molecule has 2 aromatic carbocycles. The number of aliphatic hydroxyl groups excluding tert-OH is 1. The highest BCUT2D eigenvalue weighted by Gasteiger charge is 2.22. The van der Waals surface area contributed by atoms with Gasteiger partial charge < -0.3 is 20.5 Å². The quantitative estimate of drug-likeness (QED) is 0.527. The van der Waals surface area contributed by atoms with Crippen LogP contribution in [0.25, 0.3) is 0 Å². The van der Waals surface area contributed by atoms with Crippen molar-refractivity contribution in [3.05, 3.63) is 65.7 Å². The molecule has 5 heteroatoms. The minimum atomic E-state index is -0.500. The third kappa shape index (κ3) is 5.23. The Morgan fingerprint density at radius 1 is 1.15 bits per heavy atom. The summed E-state index contributed by atoms with van der Waals surface area (Å²) in [6.45, 7) is 3.83. The van der Waals surface area contributed by atoms with E-state index in [-0.39, 0.29) is 6.10 Å². The zero-order chi connectivity index (χ0) is 18.2. The number of guanidine groups is 1. The van der Waals surface area contributed by atoms with E-state index < -0.39 is 6.10 Å². The SMILES string of the molecule is CCNC(=NCC(O)Cc1ccccc1)NCC1Cc2ccccc2O1. The summed E-state index contributed by atoms with van der Waals surface area (Å²) in [5.41, 5.74) is 2.37. The van der Waals surface area contributed by atoms with Gasteiger partial charge >= 0.3 is 0 Å². The van der Waals surface area contributed by atoms with Crippen molar-refractivity contribution in [3.63, 3.8) is 0 Å². The fraction of sp³-hybridized carbons (Fsp3) is 0.381. The molecule has 0 aliphatic carbocycles. The summed E-state index contributed by atoms with van der Waals surface area (Å²) in [4.78, 5) is 4.51. The fourth-order valence-corrected chi connectivity index (χ4v) is 3.07. The summed E-state index contributed by atoms with van der Waals surface area (Å²) in [5.74, 6) is 1.68. The van der Waals surface area contributed by atoms with E-state index in [1.807, 2.05) is 55.5 Å². The Kier molecular flexibility index (Phi) is 6.50. The van der Waals surface area contributed by atoms with Crippen molar-refractivity contribution in [1.82, 2.24) is 10.6 Å². The van der Waals surface area contributed by atoms with Crippen LogP contribution in [0.2, 0.25) is 0 Å². The van der Waals surface area contributed by atoms with Crippen molar-refractivity contribution in [3.8, 4) is 5.75 Å². The van der Waals surface area contributed by atoms with Crippen LogP contribution in [0.4, 0.5) is 0 Å². The Hall–Kier alpha value is -2.53. The number of rotatable bonds is 7. The van der Waals surface area contributed by atoms with Crippen LogP contribution in [0.5, 0.6) is 5.75 Å². The zero-order valence-corrected chi connectivity index (χ0v) is 15.2. The molecule has 1 aliphatic heterocycles. The molecule has 2 atom stereocenters. The van der Waals surface area contributed by atoms with Gasteiger partial charge in [-0.15, -0.1) is 0 Å². The molecule has 1 aliphatic rings. The molecular weight excluding hydrogens is 326 g/mol. The van der Waals surface area contributed by atoms with Gasteiger partial charge in [-0.25, -0.2) is 0 Å². The van der Waals surface area contributed by atoms with Crippen molar-refractivity contribution < 1.29 is 9.84 Å². The molecule has 2 aromatic rings. The van der Waals surface area contributed by atoms with E-state index in [0.29, 0.717) is 25.5 Å². The van der Waals surface area contributed by atoms with Crippen LogP contribution in [0.3, 0.4) is 0 Å². The molecule has 0 fully saturated rings. The maximum Gasteiger partial charge on any atom is 0.191 e. The standard InChI is InChI=1S/C21H27N3O2/c1-2-22-21(23-14-18(25)12-16-8-4-3-5-9-16)24-15-19-13-17-10-6-7-11-20(17)26-19/h3-11,18-19,25H,2,12-15H2,1H3,(H2,22,23,24). The number of hydrogen-bond acceptors (Lipinski definition) is 3. The van der Waals surface area contributed by atoms with Gasteiger partial charge in [0.05, 0.1) is 19.2 Å². The molecule has 138 valence electrons. The summed E-state index contributed by atoms with van der Waals surface area (Å²) in [7, 11) is 0. The Labute approximate surface area is 155 Å². The molecule has 0 amide bonds. The van der Waals surface area contributed by atoms with Crippen molar-refractivity contribution in [1.29, 1.82) is 0 Å². The molecule has 0 saturated heterocycles. The number of benzene rings is 2. The van der Waals surface area contributed by atoms with E-state index in [2.05, 4.69) is 21.7 Å². The molecular formula is C21H27N3O2. The summed E-state index contributed by atoms with van der Waals surface area (Å²) in [6.07, 6.45) is 1.11. The van der Waals surface area contributed by atoms with Gasteiger partial charge in [0.2, 0.25) is 0 Å². The summed E-state index contributed by atoms with van der Waals surface area (Å²) in [5, 5.41) is 16.8. The highest BCUT2D eigenvalue weighted by Crippen LogP contribution is 2.27. The smallest absolute Gasteiger partial charge is 0.191 e. The van der Waals surface area contributed by atoms with Crippen molar-refractivity contribution in [2.75, 3.05) is 19.6 Å². The molecule has 0 bridgehead atoms. The molecule has 5 nitrogen and oxygen atoms in total. The predicted octanol–water partition coefficient (Wildman–Crippen LogP) is 2.15. The number of nitrogens with one attached hydrogen (secondary N) is 2. The van der Waals surface area contributed by atoms with Crippen LogP contribution in [0.15, 0.2) is 59.6 Å². The van der Waals surface area contributed by atoms with Crippen LogP contribution in [-0.4, -0.2) is 42.9 Å². The molecule has 3 N–H and O–H groups in total. The Morgan fingerprint density at radius 3 is 2.69 bits per heavy atom. The minimum Gasteiger partial charge on any atom is -0.488 e. The predicted molar refractivity (Wildman–Crippen MR) is 105 cm³/mol. The maximum absolute atomic E-state index is 10.2. The molecule has 0 saturated carbocycles. The highest BCUT2D eigenvalue weighted by atomic mass is 16.5. The van der Waals surface area contributed by atoms with Gasteiger partial charge in [-0.1, -0.05) is 48.5 Å². The van der Waals surface area contributed by atoms with E-state index in [4.69, 9.17) is 4.74 Å². The lowest BCUT2D eigenvalue weighted by Gasteiger charge is -2.16. The molecule has 0 aromatic heterocycles. The van der Waals surface area contributed by atoms with Crippen LogP contribution in [-0.2, 0) is 12.8 Å². The van der Waals surface area contributed by atoms with E-state index in [1.165, 1.54) is 5.56 Å². The monoisotopic (exact) mass is 353 g/mol. The van der Waals surface area contributed by atoms with Gasteiger partial charge in [0.1, 0.15) is 11.9 Å². The molecule has 2 unspecified atom stereocenters. The van der Waals surface area contributed by atoms with Crippen LogP contribution >= 0.6 is 0 Å². The number of ether oxygens (including phenoxy) is 1. The number of para-hydroxylation sites is 1. The second-order valence-electron chi connectivity index (χ2n) is 6.50. The Balaban J connectivity index is 1.48. The van der Waals surface area contributed by atoms with Crippen molar-refractivity contribution in [2.45, 2.75) is 32.0 Å². The molecule has 1 heterocycles. The van der Waals surface area contributed by atoms with E-state index in [9.17, 15) is 5.11 Å². The van der Waals surface area contributed by atoms with Gasteiger partial charge in [0.25, 0.3) is 0 Å². The molecule has 0 radical (unpaired) electrons. The van der Waals surface area contributed by atoms with Gasteiger partial charge in [-0.2, -0.15) is 0 Å². The second kappa shape index (κ2) is 9.25. The highest BCUT2D eigenvalue weighted by molar-refractivity contribution is 5.79. The first-order valence-corrected chi connectivity index (χ1v) is 9.23. The Morgan fingerprint density at radius 2 is 1.92 bits per heavy atom. The van der Waals surface area contributed by atoms with Crippen LogP contribution in [0, 0.1) is 0 Å². The molecule has 0 spiro atoms. The van der Waals surface area contributed by atoms with E-state index >= 15 is 0 Å². The molecule has 26 heavy (non-hydrogen) atoms. The lowest BCUT2D eigenvalue weighted by molar-refractivity contribution is 0.183. The fourth-order valence-electron chi connectivity index (χ4n) is 3.07. The molecule has 3 rings (SSSR count). The van der Waals surface area contributed by atoms with E-state index in [1.54, 1.807) is 0 Å². The topological polar surface area (TPSA) is 65.9 Å². The van der Waals surface area contributed by atoms with Crippen molar-refractivity contribution >= 4 is 5.96 Å². The van der Waals surface area contributed by atoms with Crippen LogP contribution < -0.4 is 15.4 Å². The lowest BCUT2D eigenvalue weighted by atomic mass is 10.1. The lowest BCUT2D eigenvalue weighted by Crippen LogP contribution is -2.42. The number of fused-ring (bicyclic) bond motifs is 1. The van der Waals surface area contributed by atoms with E-state index in [0.717, 1.165) is 24.3 Å². The summed E-state index contributed by atoms with van der Waals surface area (Å²) in [6, 6.07) is 18.1.